The number of nitriles is 1. The summed E-state index contributed by atoms with van der Waals surface area (Å²) in [6, 6.07) is 10.9. The van der Waals surface area contributed by atoms with Crippen LogP contribution in [0.2, 0.25) is 0 Å². The molecule has 1 heterocycles. The van der Waals surface area contributed by atoms with Crippen LogP contribution in [0, 0.1) is 27.4 Å². The highest BCUT2D eigenvalue weighted by atomic mass is 16.6. The molecule has 0 radical (unpaired) electrons. The molecule has 126 valence electrons. The first-order valence-electron chi connectivity index (χ1n) is 7.75. The van der Waals surface area contributed by atoms with Crippen molar-refractivity contribution in [3.8, 4) is 6.07 Å². The quantitative estimate of drug-likeness (QED) is 0.385. The van der Waals surface area contributed by atoms with Crippen molar-refractivity contribution in [2.45, 2.75) is 19.3 Å². The summed E-state index contributed by atoms with van der Waals surface area (Å²) in [5.74, 6) is 1.64. The van der Waals surface area contributed by atoms with E-state index < -0.39 is 10.8 Å². The molecule has 1 aliphatic rings. The summed E-state index contributed by atoms with van der Waals surface area (Å²) in [4.78, 5) is 22.4. The molecule has 0 unspecified atom stereocenters. The maximum absolute atomic E-state index is 12.2. The summed E-state index contributed by atoms with van der Waals surface area (Å²) < 4.78 is 5.66. The maximum atomic E-state index is 12.2. The van der Waals surface area contributed by atoms with Crippen molar-refractivity contribution in [2.24, 2.45) is 5.92 Å². The Balaban J connectivity index is 1.75. The molecule has 7 nitrogen and oxygen atoms in total. The number of nitrogens with one attached hydrogen (secondary N) is 1. The molecule has 0 saturated heterocycles. The van der Waals surface area contributed by atoms with Gasteiger partial charge in [0, 0.05) is 29.8 Å². The van der Waals surface area contributed by atoms with Crippen molar-refractivity contribution < 1.29 is 14.1 Å². The van der Waals surface area contributed by atoms with Crippen LogP contribution in [0.5, 0.6) is 0 Å². The third-order valence-corrected chi connectivity index (χ3v) is 4.09. The molecule has 2 atom stereocenters. The largest absolute Gasteiger partial charge is 0.461 e. The van der Waals surface area contributed by atoms with E-state index in [1.54, 1.807) is 6.07 Å². The zero-order valence-corrected chi connectivity index (χ0v) is 13.4. The lowest BCUT2D eigenvalue weighted by atomic mass is 10.2. The van der Waals surface area contributed by atoms with E-state index in [0.717, 1.165) is 12.2 Å². The second-order valence-corrected chi connectivity index (χ2v) is 5.99. The summed E-state index contributed by atoms with van der Waals surface area (Å²) in [5.41, 5.74) is -0.0435. The Bertz CT molecular complexity index is 907. The van der Waals surface area contributed by atoms with Crippen LogP contribution in [0.3, 0.4) is 0 Å². The number of nitrogens with zero attached hydrogens (tertiary/aromatic N) is 2. The van der Waals surface area contributed by atoms with Crippen LogP contribution in [0.4, 0.5) is 11.4 Å². The predicted molar refractivity (Wildman–Crippen MR) is 90.5 cm³/mol. The minimum atomic E-state index is -0.652. The van der Waals surface area contributed by atoms with Gasteiger partial charge in [-0.25, -0.2) is 0 Å². The standard InChI is InChI=1S/C18H15N3O4/c1-11-7-16(11)17-6-5-15(25-17)8-12(10-19)18(22)20-13-3-2-4-14(9-13)21(23)24/h2-6,8-9,11,16H,7H2,1H3,(H,20,22)/b12-8+/t11-,16+/m1/s1. The van der Waals surface area contributed by atoms with Gasteiger partial charge in [0.1, 0.15) is 23.2 Å². The number of carbonyl (C=O) groups excluding carboxylic acids is 1. The summed E-state index contributed by atoms with van der Waals surface area (Å²) in [6.45, 7) is 2.13. The highest BCUT2D eigenvalue weighted by molar-refractivity contribution is 6.09. The number of amides is 1. The van der Waals surface area contributed by atoms with Crippen LogP contribution in [0.15, 0.2) is 46.4 Å². The van der Waals surface area contributed by atoms with E-state index in [4.69, 9.17) is 4.42 Å². The number of benzene rings is 1. The third-order valence-electron chi connectivity index (χ3n) is 4.09. The Morgan fingerprint density at radius 1 is 1.44 bits per heavy atom. The van der Waals surface area contributed by atoms with E-state index in [-0.39, 0.29) is 16.9 Å². The Kier molecular flexibility index (Phi) is 4.35. The Hall–Kier alpha value is -3.40. The van der Waals surface area contributed by atoms with Gasteiger partial charge < -0.3 is 9.73 Å². The number of nitro groups is 1. The molecule has 3 rings (SSSR count). The number of anilines is 1. The van der Waals surface area contributed by atoms with Crippen LogP contribution in [0.25, 0.3) is 6.08 Å². The summed E-state index contributed by atoms with van der Waals surface area (Å²) in [5, 5.41) is 22.5. The SMILES string of the molecule is C[C@@H]1C[C@@H]1c1ccc(/C=C(\C#N)C(=O)Nc2cccc([N+](=O)[O-])c2)o1. The minimum absolute atomic E-state index is 0.142. The smallest absolute Gasteiger partial charge is 0.271 e. The van der Waals surface area contributed by atoms with Crippen molar-refractivity contribution >= 4 is 23.4 Å². The van der Waals surface area contributed by atoms with E-state index in [1.807, 2.05) is 12.1 Å². The van der Waals surface area contributed by atoms with E-state index in [1.165, 1.54) is 30.3 Å². The van der Waals surface area contributed by atoms with Crippen molar-refractivity contribution in [1.82, 2.24) is 0 Å². The van der Waals surface area contributed by atoms with Gasteiger partial charge in [0.15, 0.2) is 0 Å². The second kappa shape index (κ2) is 6.61. The van der Waals surface area contributed by atoms with Gasteiger partial charge in [-0.2, -0.15) is 5.26 Å². The van der Waals surface area contributed by atoms with Gasteiger partial charge >= 0.3 is 0 Å². The fourth-order valence-electron chi connectivity index (χ4n) is 2.55. The highest BCUT2D eigenvalue weighted by Gasteiger charge is 2.36. The molecule has 2 aromatic rings. The molecule has 0 spiro atoms. The van der Waals surface area contributed by atoms with Gasteiger partial charge in [-0.05, 0) is 30.5 Å². The summed E-state index contributed by atoms with van der Waals surface area (Å²) in [7, 11) is 0. The summed E-state index contributed by atoms with van der Waals surface area (Å²) >= 11 is 0. The normalized spacial score (nSPS) is 19.1. The predicted octanol–water partition coefficient (Wildman–Crippen LogP) is 3.86. The maximum Gasteiger partial charge on any atom is 0.271 e. The molecule has 1 N–H and O–H groups in total. The van der Waals surface area contributed by atoms with Crippen LogP contribution < -0.4 is 5.32 Å². The Morgan fingerprint density at radius 3 is 2.84 bits per heavy atom. The number of hydrogen-bond acceptors (Lipinski definition) is 5. The molecule has 1 aromatic heterocycles. The zero-order chi connectivity index (χ0) is 18.0. The molecule has 25 heavy (non-hydrogen) atoms. The molecule has 1 amide bonds. The minimum Gasteiger partial charge on any atom is -0.461 e. The fraction of sp³-hybridized carbons (Fsp3) is 0.222. The van der Waals surface area contributed by atoms with Crippen LogP contribution in [-0.4, -0.2) is 10.8 Å². The lowest BCUT2D eigenvalue weighted by Crippen LogP contribution is -2.13. The number of furan rings is 1. The Morgan fingerprint density at radius 2 is 2.20 bits per heavy atom. The molecule has 1 aliphatic carbocycles. The molecule has 7 heteroatoms. The van der Waals surface area contributed by atoms with Crippen molar-refractivity contribution in [1.29, 1.82) is 5.26 Å². The van der Waals surface area contributed by atoms with E-state index >= 15 is 0 Å². The third kappa shape index (κ3) is 3.75. The first-order valence-corrected chi connectivity index (χ1v) is 7.75. The zero-order valence-electron chi connectivity index (χ0n) is 13.4. The molecule has 0 bridgehead atoms. The van der Waals surface area contributed by atoms with Gasteiger partial charge in [-0.15, -0.1) is 0 Å². The number of hydrogen-bond donors (Lipinski definition) is 1. The number of non-ortho nitro benzene ring substituents is 1. The average molecular weight is 337 g/mol. The van der Waals surface area contributed by atoms with Crippen LogP contribution >= 0.6 is 0 Å². The highest BCUT2D eigenvalue weighted by Crippen LogP contribution is 2.47. The molecule has 1 aromatic carbocycles. The summed E-state index contributed by atoms with van der Waals surface area (Å²) in [6.07, 6.45) is 2.44. The molecule has 1 fully saturated rings. The van der Waals surface area contributed by atoms with Crippen LogP contribution in [-0.2, 0) is 4.79 Å². The first-order chi connectivity index (χ1) is 12.0. The van der Waals surface area contributed by atoms with Gasteiger partial charge in [0.25, 0.3) is 11.6 Å². The first kappa shape index (κ1) is 16.5. The molecular formula is C18H15N3O4. The monoisotopic (exact) mass is 337 g/mol. The fourth-order valence-corrected chi connectivity index (χ4v) is 2.55. The van der Waals surface area contributed by atoms with Gasteiger partial charge in [0.05, 0.1) is 4.92 Å². The van der Waals surface area contributed by atoms with E-state index in [2.05, 4.69) is 12.2 Å². The Labute approximate surface area is 143 Å². The van der Waals surface area contributed by atoms with Crippen molar-refractivity contribution in [2.75, 3.05) is 5.32 Å². The molecule has 0 aliphatic heterocycles. The van der Waals surface area contributed by atoms with Crippen molar-refractivity contribution in [3.63, 3.8) is 0 Å². The molecule has 1 saturated carbocycles. The van der Waals surface area contributed by atoms with Crippen LogP contribution in [0.1, 0.15) is 30.8 Å². The number of nitro benzene ring substituents is 1. The number of rotatable bonds is 5. The lowest BCUT2D eigenvalue weighted by Gasteiger charge is -2.03. The average Bonchev–Trinajstić information content (AvgIpc) is 3.14. The second-order valence-electron chi connectivity index (χ2n) is 5.99. The van der Waals surface area contributed by atoms with Gasteiger partial charge in [-0.1, -0.05) is 13.0 Å². The topological polar surface area (TPSA) is 109 Å². The molecular weight excluding hydrogens is 322 g/mol. The van der Waals surface area contributed by atoms with E-state index in [0.29, 0.717) is 17.6 Å². The van der Waals surface area contributed by atoms with Gasteiger partial charge in [-0.3, -0.25) is 14.9 Å². The van der Waals surface area contributed by atoms with Crippen molar-refractivity contribution in [3.05, 3.63) is 63.6 Å². The number of carbonyl (C=O) groups is 1. The van der Waals surface area contributed by atoms with Gasteiger partial charge in [0.2, 0.25) is 0 Å². The lowest BCUT2D eigenvalue weighted by molar-refractivity contribution is -0.384. The van der Waals surface area contributed by atoms with E-state index in [9.17, 15) is 20.2 Å².